The van der Waals surface area contributed by atoms with Crippen molar-refractivity contribution in [3.63, 3.8) is 0 Å². The summed E-state index contributed by atoms with van der Waals surface area (Å²) >= 11 is 0. The van der Waals surface area contributed by atoms with Crippen molar-refractivity contribution in [2.45, 2.75) is 52.5 Å². The van der Waals surface area contributed by atoms with Gasteiger partial charge in [0.05, 0.1) is 35.7 Å². The number of halogens is 3. The lowest BCUT2D eigenvalue weighted by atomic mass is 10.1. The molecule has 36 heavy (non-hydrogen) atoms. The van der Waals surface area contributed by atoms with Gasteiger partial charge in [-0.3, -0.25) is 0 Å². The molecule has 1 aliphatic heterocycles. The molecule has 8 nitrogen and oxygen atoms in total. The van der Waals surface area contributed by atoms with Gasteiger partial charge in [-0.2, -0.15) is 0 Å². The van der Waals surface area contributed by atoms with Gasteiger partial charge in [0.15, 0.2) is 11.5 Å². The molecular formula is C25H31F3N8. The van der Waals surface area contributed by atoms with Gasteiger partial charge in [-0.1, -0.05) is 6.58 Å². The van der Waals surface area contributed by atoms with Gasteiger partial charge in [-0.05, 0) is 46.2 Å². The van der Waals surface area contributed by atoms with Crippen molar-refractivity contribution >= 4 is 22.6 Å². The summed E-state index contributed by atoms with van der Waals surface area (Å²) < 4.78 is 43.6. The highest BCUT2D eigenvalue weighted by molar-refractivity contribution is 5.83. The Morgan fingerprint density at radius 3 is 2.58 bits per heavy atom. The van der Waals surface area contributed by atoms with Crippen LogP contribution in [0, 0.1) is 12.7 Å². The monoisotopic (exact) mass is 500 g/mol. The molecule has 11 heteroatoms. The molecule has 0 radical (unpaired) electrons. The van der Waals surface area contributed by atoms with E-state index in [9.17, 15) is 13.2 Å². The SMILES string of the molecule is C=C(C)N1CCCC(F)(F)C1.CNc1ncc2c(-c3ccc4nc(C)n(C(C)C)c4n3)c(F)cn2n1. The lowest BCUT2D eigenvalue weighted by Gasteiger charge is -2.34. The maximum absolute atomic E-state index is 14.6. The van der Waals surface area contributed by atoms with Gasteiger partial charge < -0.3 is 14.8 Å². The largest absolute Gasteiger partial charge is 0.370 e. The Balaban J connectivity index is 0.000000233. The van der Waals surface area contributed by atoms with Gasteiger partial charge >= 0.3 is 0 Å². The molecule has 0 atom stereocenters. The molecule has 5 rings (SSSR count). The summed E-state index contributed by atoms with van der Waals surface area (Å²) in [5.74, 6) is -1.58. The standard InChI is InChI=1S/C17H18FN7.C8H13F2N/c1-9(2)25-10(3)21-13-6-5-12(22-16(13)25)15-11(18)8-24-14(15)7-20-17(19-4)23-24;1-7(2)11-5-3-4-8(9,10)6-11/h5-9H,1-4H3,(H,19,23);1,3-6H2,2H3. The maximum Gasteiger partial charge on any atom is 0.265 e. The Kier molecular flexibility index (Phi) is 6.92. The lowest BCUT2D eigenvalue weighted by molar-refractivity contribution is -0.0548. The molecule has 5 heterocycles. The van der Waals surface area contributed by atoms with Gasteiger partial charge in [0.2, 0.25) is 5.95 Å². The first kappa shape index (κ1) is 25.5. The first-order valence-corrected chi connectivity index (χ1v) is 11.9. The third-order valence-electron chi connectivity index (χ3n) is 6.13. The van der Waals surface area contributed by atoms with E-state index >= 15 is 0 Å². The number of nitrogens with one attached hydrogen (secondary N) is 1. The van der Waals surface area contributed by atoms with Gasteiger partial charge in [0.1, 0.15) is 11.3 Å². The first-order chi connectivity index (χ1) is 17.0. The zero-order valence-electron chi connectivity index (χ0n) is 21.2. The number of piperidine rings is 1. The van der Waals surface area contributed by atoms with Crippen molar-refractivity contribution in [2.24, 2.45) is 0 Å². The van der Waals surface area contributed by atoms with Crippen molar-refractivity contribution in [1.82, 2.24) is 34.0 Å². The zero-order valence-corrected chi connectivity index (χ0v) is 21.2. The molecule has 1 saturated heterocycles. The fourth-order valence-electron chi connectivity index (χ4n) is 4.44. The van der Waals surface area contributed by atoms with Crippen LogP contribution in [0.25, 0.3) is 27.9 Å². The number of nitrogens with zero attached hydrogens (tertiary/aromatic N) is 7. The van der Waals surface area contributed by atoms with Crippen LogP contribution in [0.3, 0.4) is 0 Å². The quantitative estimate of drug-likeness (QED) is 0.401. The average Bonchev–Trinajstić information content (AvgIpc) is 3.32. The number of allylic oxidation sites excluding steroid dienone is 1. The Morgan fingerprint density at radius 1 is 1.22 bits per heavy atom. The van der Waals surface area contributed by atoms with Crippen LogP contribution in [0.15, 0.2) is 36.8 Å². The second-order valence-corrected chi connectivity index (χ2v) is 9.29. The smallest absolute Gasteiger partial charge is 0.265 e. The number of rotatable bonds is 4. The van der Waals surface area contributed by atoms with E-state index in [0.29, 0.717) is 29.1 Å². The lowest BCUT2D eigenvalue weighted by Crippen LogP contribution is -2.41. The van der Waals surface area contributed by atoms with E-state index in [1.54, 1.807) is 31.1 Å². The molecule has 0 unspecified atom stereocenters. The van der Waals surface area contributed by atoms with Crippen LogP contribution in [0.4, 0.5) is 19.1 Å². The molecule has 0 amide bonds. The van der Waals surface area contributed by atoms with Crippen molar-refractivity contribution in [2.75, 3.05) is 25.5 Å². The molecule has 0 aliphatic carbocycles. The number of hydrogen-bond donors (Lipinski definition) is 1. The van der Waals surface area contributed by atoms with E-state index in [4.69, 9.17) is 0 Å². The van der Waals surface area contributed by atoms with E-state index in [1.165, 1.54) is 10.7 Å². The molecule has 4 aromatic heterocycles. The molecule has 1 fully saturated rings. The average molecular weight is 501 g/mol. The third kappa shape index (κ3) is 5.00. The van der Waals surface area contributed by atoms with Gasteiger partial charge in [0, 0.05) is 31.8 Å². The number of aryl methyl sites for hydroxylation is 1. The van der Waals surface area contributed by atoms with Crippen LogP contribution in [-0.2, 0) is 0 Å². The minimum Gasteiger partial charge on any atom is -0.370 e. The minimum absolute atomic E-state index is 0.0246. The number of fused-ring (bicyclic) bond motifs is 2. The van der Waals surface area contributed by atoms with Crippen LogP contribution in [0.1, 0.15) is 45.5 Å². The fourth-order valence-corrected chi connectivity index (χ4v) is 4.44. The first-order valence-electron chi connectivity index (χ1n) is 11.9. The molecule has 0 bridgehead atoms. The molecular weight excluding hydrogens is 469 g/mol. The Morgan fingerprint density at radius 2 is 1.97 bits per heavy atom. The number of likely N-dealkylation sites (tertiary alicyclic amines) is 1. The minimum atomic E-state index is -2.50. The summed E-state index contributed by atoms with van der Waals surface area (Å²) in [7, 11) is 1.72. The van der Waals surface area contributed by atoms with Gasteiger partial charge in [-0.25, -0.2) is 32.6 Å². The number of hydrogen-bond acceptors (Lipinski definition) is 6. The molecule has 192 valence electrons. The van der Waals surface area contributed by atoms with E-state index in [-0.39, 0.29) is 24.8 Å². The van der Waals surface area contributed by atoms with Crippen LogP contribution >= 0.6 is 0 Å². The molecule has 0 spiro atoms. The summed E-state index contributed by atoms with van der Waals surface area (Å²) in [6.07, 6.45) is 3.52. The van der Waals surface area contributed by atoms with Gasteiger partial charge in [0.25, 0.3) is 5.92 Å². The van der Waals surface area contributed by atoms with E-state index in [0.717, 1.165) is 29.2 Å². The highest BCUT2D eigenvalue weighted by Gasteiger charge is 2.34. The summed E-state index contributed by atoms with van der Waals surface area (Å²) in [6.45, 7) is 12.1. The number of pyridine rings is 1. The Labute approximate surface area is 207 Å². The van der Waals surface area contributed by atoms with Crippen molar-refractivity contribution in [1.29, 1.82) is 0 Å². The molecule has 1 aliphatic rings. The number of aromatic nitrogens is 6. The van der Waals surface area contributed by atoms with E-state index in [1.807, 2.05) is 17.6 Å². The molecule has 4 aromatic rings. The highest BCUT2D eigenvalue weighted by Crippen LogP contribution is 2.30. The zero-order chi connectivity index (χ0) is 26.2. The second-order valence-electron chi connectivity index (χ2n) is 9.29. The Bertz CT molecular complexity index is 1410. The summed E-state index contributed by atoms with van der Waals surface area (Å²) in [6, 6.07) is 3.86. The predicted molar refractivity (Wildman–Crippen MR) is 135 cm³/mol. The van der Waals surface area contributed by atoms with Crippen molar-refractivity contribution < 1.29 is 13.2 Å². The van der Waals surface area contributed by atoms with Gasteiger partial charge in [-0.15, -0.1) is 5.10 Å². The number of alkyl halides is 2. The van der Waals surface area contributed by atoms with E-state index in [2.05, 4.69) is 45.8 Å². The van der Waals surface area contributed by atoms with Crippen molar-refractivity contribution in [3.8, 4) is 11.3 Å². The van der Waals surface area contributed by atoms with Crippen LogP contribution in [0.2, 0.25) is 0 Å². The third-order valence-corrected chi connectivity index (χ3v) is 6.13. The normalized spacial score (nSPS) is 15.3. The number of imidazole rings is 1. The predicted octanol–water partition coefficient (Wildman–Crippen LogP) is 5.46. The van der Waals surface area contributed by atoms with Crippen molar-refractivity contribution in [3.05, 3.63) is 48.4 Å². The molecule has 1 N–H and O–H groups in total. The molecule has 0 aromatic carbocycles. The topological polar surface area (TPSA) is 76.2 Å². The van der Waals surface area contributed by atoms with Crippen LogP contribution < -0.4 is 5.32 Å². The highest BCUT2D eigenvalue weighted by atomic mass is 19.3. The van der Waals surface area contributed by atoms with Crippen LogP contribution in [0.5, 0.6) is 0 Å². The summed E-state index contributed by atoms with van der Waals surface area (Å²) in [5.41, 5.74) is 3.78. The molecule has 0 saturated carbocycles. The fraction of sp³-hybridized carbons (Fsp3) is 0.440. The van der Waals surface area contributed by atoms with E-state index < -0.39 is 5.92 Å². The maximum atomic E-state index is 14.6. The second kappa shape index (κ2) is 9.79. The summed E-state index contributed by atoms with van der Waals surface area (Å²) in [4.78, 5) is 15.0. The Hall–Kier alpha value is -3.63. The number of anilines is 1. The van der Waals surface area contributed by atoms with Crippen LogP contribution in [-0.4, -0.2) is 60.1 Å². The summed E-state index contributed by atoms with van der Waals surface area (Å²) in [5, 5.41) is 7.06.